The Morgan fingerprint density at radius 3 is 1.85 bits per heavy atom. The van der Waals surface area contributed by atoms with Crippen molar-refractivity contribution in [3.63, 3.8) is 0 Å². The average molecular weight is 478 g/mol. The zero-order chi connectivity index (χ0) is 24.6. The predicted octanol–water partition coefficient (Wildman–Crippen LogP) is 8.01. The number of hydrogen-bond acceptors (Lipinski definition) is 1. The Hall–Kier alpha value is -3.17. The zero-order valence-electron chi connectivity index (χ0n) is 16.8. The number of alkyl halides is 5. The Morgan fingerprint density at radius 1 is 0.758 bits per heavy atom. The van der Waals surface area contributed by atoms with Crippen molar-refractivity contribution >= 4 is 0 Å². The summed E-state index contributed by atoms with van der Waals surface area (Å²) in [6, 6.07) is 6.40. The van der Waals surface area contributed by atoms with Crippen molar-refractivity contribution in [2.24, 2.45) is 0 Å². The quantitative estimate of drug-likeness (QED) is 0.326. The smallest absolute Gasteiger partial charge is 0.426 e. The average Bonchev–Trinajstić information content (AvgIpc) is 2.70. The summed E-state index contributed by atoms with van der Waals surface area (Å²) in [6.45, 7) is 1.79. The second kappa shape index (κ2) is 8.99. The van der Waals surface area contributed by atoms with Gasteiger partial charge in [0.15, 0.2) is 11.6 Å². The second-order valence-corrected chi connectivity index (χ2v) is 7.11. The molecule has 0 N–H and O–H groups in total. The Morgan fingerprint density at radius 2 is 1.33 bits per heavy atom. The van der Waals surface area contributed by atoms with E-state index < -0.39 is 52.4 Å². The van der Waals surface area contributed by atoms with Crippen molar-refractivity contribution in [2.75, 3.05) is 0 Å². The maximum Gasteiger partial charge on any atom is 0.426 e. The first-order valence-electron chi connectivity index (χ1n) is 9.56. The van der Waals surface area contributed by atoms with E-state index in [-0.39, 0.29) is 28.8 Å². The first-order valence-corrected chi connectivity index (χ1v) is 9.56. The van der Waals surface area contributed by atoms with Crippen LogP contribution in [0, 0.1) is 23.3 Å². The molecule has 0 heterocycles. The highest BCUT2D eigenvalue weighted by Gasteiger charge is 2.40. The molecule has 10 heteroatoms. The maximum absolute atomic E-state index is 14.4. The molecule has 0 unspecified atom stereocenters. The molecule has 3 aromatic carbocycles. The van der Waals surface area contributed by atoms with E-state index >= 15 is 0 Å². The first-order chi connectivity index (χ1) is 15.3. The van der Waals surface area contributed by atoms with Gasteiger partial charge in [0.25, 0.3) is 0 Å². The first kappa shape index (κ1) is 24.5. The number of ether oxygens (including phenoxy) is 1. The number of rotatable bonds is 6. The lowest BCUT2D eigenvalue weighted by Crippen LogP contribution is -2.22. The van der Waals surface area contributed by atoms with Gasteiger partial charge in [-0.15, -0.1) is 0 Å². The number of hydrogen-bond donors (Lipinski definition) is 0. The lowest BCUT2D eigenvalue weighted by Gasteiger charge is -2.19. The van der Waals surface area contributed by atoms with Gasteiger partial charge in [-0.25, -0.2) is 17.6 Å². The van der Waals surface area contributed by atoms with Crippen molar-refractivity contribution in [2.45, 2.75) is 32.1 Å². The van der Waals surface area contributed by atoms with Crippen LogP contribution in [0.2, 0.25) is 0 Å². The van der Waals surface area contributed by atoms with E-state index in [1.165, 1.54) is 12.1 Å². The molecular weight excluding hydrogens is 463 g/mol. The Labute approximate surface area is 182 Å². The summed E-state index contributed by atoms with van der Waals surface area (Å²) >= 11 is 0. The molecule has 0 atom stereocenters. The molecule has 0 saturated heterocycles. The van der Waals surface area contributed by atoms with E-state index in [0.29, 0.717) is 12.8 Å². The molecule has 3 rings (SSSR count). The van der Waals surface area contributed by atoms with Gasteiger partial charge in [-0.3, -0.25) is 0 Å². The molecular formula is C23H15F9O. The normalized spacial score (nSPS) is 12.2. The molecule has 0 bridgehead atoms. The Balaban J connectivity index is 1.87. The minimum atomic E-state index is -5.37. The highest BCUT2D eigenvalue weighted by Crippen LogP contribution is 2.38. The maximum atomic E-state index is 14.4. The van der Waals surface area contributed by atoms with Crippen LogP contribution < -0.4 is 4.74 Å². The summed E-state index contributed by atoms with van der Waals surface area (Å²) in [5.41, 5.74) is -3.00. The number of aryl methyl sites for hydroxylation is 1. The molecule has 0 aliphatic carbocycles. The third kappa shape index (κ3) is 5.09. The molecule has 3 aromatic rings. The summed E-state index contributed by atoms with van der Waals surface area (Å²) in [7, 11) is 0. The van der Waals surface area contributed by atoms with Gasteiger partial charge in [-0.2, -0.15) is 22.0 Å². The summed E-state index contributed by atoms with van der Waals surface area (Å²) < 4.78 is 127. The van der Waals surface area contributed by atoms with Crippen LogP contribution in [0.15, 0.2) is 48.5 Å². The number of halogens is 9. The van der Waals surface area contributed by atoms with E-state index in [4.69, 9.17) is 0 Å². The third-order valence-corrected chi connectivity index (χ3v) is 4.76. The topological polar surface area (TPSA) is 9.23 Å². The van der Waals surface area contributed by atoms with Gasteiger partial charge in [0.1, 0.15) is 22.9 Å². The third-order valence-electron chi connectivity index (χ3n) is 4.76. The summed E-state index contributed by atoms with van der Waals surface area (Å²) in [5.74, 6) is -7.60. The molecule has 0 fully saturated rings. The lowest BCUT2D eigenvalue weighted by atomic mass is 9.99. The van der Waals surface area contributed by atoms with E-state index in [2.05, 4.69) is 4.74 Å². The van der Waals surface area contributed by atoms with Gasteiger partial charge in [0.05, 0.1) is 5.56 Å². The Bertz CT molecular complexity index is 1130. The highest BCUT2D eigenvalue weighted by atomic mass is 19.4. The van der Waals surface area contributed by atoms with Crippen LogP contribution >= 0.6 is 0 Å². The monoisotopic (exact) mass is 478 g/mol. The summed E-state index contributed by atoms with van der Waals surface area (Å²) in [6.07, 6.45) is -8.66. The largest absolute Gasteiger partial charge is 0.429 e. The highest BCUT2D eigenvalue weighted by molar-refractivity contribution is 5.65. The summed E-state index contributed by atoms with van der Waals surface area (Å²) in [5, 5.41) is 0. The molecule has 0 aliphatic rings. The van der Waals surface area contributed by atoms with Gasteiger partial charge >= 0.3 is 12.3 Å². The lowest BCUT2D eigenvalue weighted by molar-refractivity contribution is -0.185. The van der Waals surface area contributed by atoms with Crippen molar-refractivity contribution < 1.29 is 44.3 Å². The molecule has 0 spiro atoms. The van der Waals surface area contributed by atoms with Crippen LogP contribution in [0.5, 0.6) is 5.75 Å². The van der Waals surface area contributed by atoms with Gasteiger partial charge in [-0.05, 0) is 29.7 Å². The van der Waals surface area contributed by atoms with E-state index in [9.17, 15) is 39.5 Å². The van der Waals surface area contributed by atoms with Crippen molar-refractivity contribution in [3.05, 3.63) is 88.5 Å². The van der Waals surface area contributed by atoms with Crippen LogP contribution in [-0.4, -0.2) is 0 Å². The molecule has 0 aliphatic heterocycles. The van der Waals surface area contributed by atoms with Crippen LogP contribution in [-0.2, 0) is 18.7 Å². The Kier molecular flexibility index (Phi) is 6.67. The van der Waals surface area contributed by atoms with Crippen LogP contribution in [0.25, 0.3) is 11.1 Å². The fourth-order valence-electron chi connectivity index (χ4n) is 3.21. The van der Waals surface area contributed by atoms with Gasteiger partial charge in [0.2, 0.25) is 0 Å². The van der Waals surface area contributed by atoms with Crippen molar-refractivity contribution in [1.29, 1.82) is 0 Å². The second-order valence-electron chi connectivity index (χ2n) is 7.11. The van der Waals surface area contributed by atoms with Crippen LogP contribution in [0.1, 0.15) is 30.0 Å². The van der Waals surface area contributed by atoms with E-state index in [1.54, 1.807) is 6.92 Å². The molecule has 0 amide bonds. The van der Waals surface area contributed by atoms with Crippen molar-refractivity contribution in [1.82, 2.24) is 0 Å². The molecule has 0 aromatic heterocycles. The van der Waals surface area contributed by atoms with Crippen molar-refractivity contribution in [3.8, 4) is 16.9 Å². The fourth-order valence-corrected chi connectivity index (χ4v) is 3.21. The number of benzene rings is 3. The van der Waals surface area contributed by atoms with Gasteiger partial charge < -0.3 is 4.74 Å². The minimum Gasteiger partial charge on any atom is -0.429 e. The zero-order valence-corrected chi connectivity index (χ0v) is 16.8. The van der Waals surface area contributed by atoms with Gasteiger partial charge in [-0.1, -0.05) is 37.6 Å². The van der Waals surface area contributed by atoms with Crippen LogP contribution in [0.3, 0.4) is 0 Å². The van der Waals surface area contributed by atoms with Crippen LogP contribution in [0.4, 0.5) is 39.5 Å². The summed E-state index contributed by atoms with van der Waals surface area (Å²) in [4.78, 5) is 0. The SMILES string of the molecule is CCCc1ccc(-c2ccc(C(F)(F)Oc3cc(F)c(C(F)(F)F)c(F)c3)cc2)c(F)c1F. The minimum absolute atomic E-state index is 0.00973. The predicted molar refractivity (Wildman–Crippen MR) is 102 cm³/mol. The molecule has 0 saturated carbocycles. The molecule has 1 nitrogen and oxygen atoms in total. The fraction of sp³-hybridized carbons (Fsp3) is 0.217. The van der Waals surface area contributed by atoms with Gasteiger partial charge in [0, 0.05) is 17.7 Å². The van der Waals surface area contributed by atoms with E-state index in [1.807, 2.05) is 0 Å². The molecule has 33 heavy (non-hydrogen) atoms. The molecule has 176 valence electrons. The molecule has 0 radical (unpaired) electrons. The standard InChI is InChI=1S/C23H15F9O/c1-2-3-13-6-9-16(21(27)20(13)26)12-4-7-14(8-5-12)23(31,32)33-15-10-17(24)19(18(25)11-15)22(28,29)30/h4-11H,2-3H2,1H3. The van der Waals surface area contributed by atoms with E-state index in [0.717, 1.165) is 24.3 Å².